The number of benzene rings is 2. The third-order valence-electron chi connectivity index (χ3n) is 4.22. The van der Waals surface area contributed by atoms with Crippen molar-refractivity contribution in [3.63, 3.8) is 0 Å². The van der Waals surface area contributed by atoms with Gasteiger partial charge in [0.1, 0.15) is 23.2 Å². The van der Waals surface area contributed by atoms with Crippen molar-refractivity contribution in [1.82, 2.24) is 4.90 Å². The molecular weight excluding hydrogens is 464 g/mol. The first-order valence-electron chi connectivity index (χ1n) is 8.46. The van der Waals surface area contributed by atoms with E-state index in [-0.39, 0.29) is 33.8 Å². The van der Waals surface area contributed by atoms with Crippen LogP contribution < -0.4 is 0 Å². The number of carbonyl (C=O) groups excluding carboxylic acids is 2. The predicted octanol–water partition coefficient (Wildman–Crippen LogP) is 6.22. The number of nitrogens with zero attached hydrogens (tertiary/aromatic N) is 1. The Hall–Kier alpha value is -2.71. The summed E-state index contributed by atoms with van der Waals surface area (Å²) in [6.07, 6.45) is 1.44. The van der Waals surface area contributed by atoms with E-state index in [1.54, 1.807) is 6.07 Å². The highest BCUT2D eigenvalue weighted by Crippen LogP contribution is 2.34. The number of amides is 2. The van der Waals surface area contributed by atoms with E-state index in [1.165, 1.54) is 18.2 Å². The van der Waals surface area contributed by atoms with Gasteiger partial charge in [0.2, 0.25) is 0 Å². The van der Waals surface area contributed by atoms with Crippen molar-refractivity contribution in [2.75, 3.05) is 0 Å². The number of carbonyl (C=O) groups is 2. The van der Waals surface area contributed by atoms with Crippen LogP contribution in [0, 0.1) is 11.6 Å². The van der Waals surface area contributed by atoms with Gasteiger partial charge >= 0.3 is 0 Å². The van der Waals surface area contributed by atoms with Gasteiger partial charge in [0.25, 0.3) is 11.1 Å². The Kier molecular flexibility index (Phi) is 5.38. The fourth-order valence-electron chi connectivity index (χ4n) is 2.80. The molecule has 1 aliphatic rings. The summed E-state index contributed by atoms with van der Waals surface area (Å²) in [5.74, 6) is -1.37. The van der Waals surface area contributed by atoms with Crippen molar-refractivity contribution in [2.24, 2.45) is 0 Å². The van der Waals surface area contributed by atoms with Gasteiger partial charge in [-0.15, -0.1) is 0 Å². The molecule has 1 aliphatic heterocycles. The number of thioether (sulfide) groups is 1. The van der Waals surface area contributed by atoms with Gasteiger partial charge in [0.15, 0.2) is 0 Å². The smallest absolute Gasteiger partial charge is 0.293 e. The van der Waals surface area contributed by atoms with E-state index in [0.29, 0.717) is 0 Å². The van der Waals surface area contributed by atoms with Crippen LogP contribution in [0.5, 0.6) is 0 Å². The van der Waals surface area contributed by atoms with Gasteiger partial charge < -0.3 is 4.42 Å². The van der Waals surface area contributed by atoms with Crippen LogP contribution in [-0.4, -0.2) is 16.0 Å². The van der Waals surface area contributed by atoms with Gasteiger partial charge in [0, 0.05) is 16.6 Å². The molecule has 1 aromatic heterocycles. The Morgan fingerprint density at radius 1 is 1.03 bits per heavy atom. The molecule has 3 aromatic rings. The number of rotatable bonds is 4. The Balaban J connectivity index is 1.54. The van der Waals surface area contributed by atoms with Crippen LogP contribution in [0.25, 0.3) is 17.4 Å². The van der Waals surface area contributed by atoms with Crippen molar-refractivity contribution < 1.29 is 22.8 Å². The van der Waals surface area contributed by atoms with Crippen molar-refractivity contribution in [3.8, 4) is 11.3 Å². The highest BCUT2D eigenvalue weighted by molar-refractivity contribution is 9.10. The maximum absolute atomic E-state index is 13.9. The number of imide groups is 1. The molecule has 1 fully saturated rings. The van der Waals surface area contributed by atoms with Crippen LogP contribution in [0.1, 0.15) is 11.3 Å². The second-order valence-electron chi connectivity index (χ2n) is 6.22. The summed E-state index contributed by atoms with van der Waals surface area (Å²) in [5, 5.41) is -0.375. The second-order valence-corrected chi connectivity index (χ2v) is 8.13. The lowest BCUT2D eigenvalue weighted by atomic mass is 10.1. The molecule has 1 saturated heterocycles. The molecule has 2 amide bonds. The molecule has 29 heavy (non-hydrogen) atoms. The summed E-state index contributed by atoms with van der Waals surface area (Å²) in [5.41, 5.74) is 0.929. The molecule has 0 bridgehead atoms. The molecule has 146 valence electrons. The molecule has 0 spiro atoms. The Bertz CT molecular complexity index is 1140. The zero-order valence-corrected chi connectivity index (χ0v) is 17.1. The third kappa shape index (κ3) is 4.18. The quantitative estimate of drug-likeness (QED) is 0.420. The monoisotopic (exact) mass is 475 g/mol. The molecule has 8 heteroatoms. The standard InChI is InChI=1S/C21H12BrF2NO3S/c22-13-3-1-12(2-4-13)11-25-20(26)19(29-21(25)27)10-15-6-8-18(28-15)16-7-5-14(23)9-17(16)24/h1-10H,11H2/b19-10+. The van der Waals surface area contributed by atoms with E-state index in [0.717, 1.165) is 38.8 Å². The SMILES string of the molecule is O=C1S/C(=C/c2ccc(-c3ccc(F)cc3F)o2)C(=O)N1Cc1ccc(Br)cc1. The summed E-state index contributed by atoms with van der Waals surface area (Å²) in [4.78, 5) is 26.3. The Labute approximate surface area is 177 Å². The summed E-state index contributed by atoms with van der Waals surface area (Å²) in [6, 6.07) is 13.6. The molecular formula is C21H12BrF2NO3S. The van der Waals surface area contributed by atoms with E-state index in [4.69, 9.17) is 4.42 Å². The van der Waals surface area contributed by atoms with Crippen LogP contribution in [0.15, 0.2) is 68.4 Å². The minimum atomic E-state index is -0.749. The van der Waals surface area contributed by atoms with Crippen molar-refractivity contribution in [3.05, 3.63) is 86.9 Å². The van der Waals surface area contributed by atoms with Gasteiger partial charge in [-0.2, -0.15) is 0 Å². The number of hydrogen-bond acceptors (Lipinski definition) is 4. The van der Waals surface area contributed by atoms with Crippen LogP contribution in [-0.2, 0) is 11.3 Å². The largest absolute Gasteiger partial charge is 0.457 e. The number of hydrogen-bond donors (Lipinski definition) is 0. The lowest BCUT2D eigenvalue weighted by Gasteiger charge is -2.12. The maximum Gasteiger partial charge on any atom is 0.293 e. The zero-order valence-electron chi connectivity index (χ0n) is 14.7. The number of halogens is 3. The molecule has 0 unspecified atom stereocenters. The molecule has 0 N–H and O–H groups in total. The molecule has 0 atom stereocenters. The van der Waals surface area contributed by atoms with Crippen LogP contribution in [0.3, 0.4) is 0 Å². The van der Waals surface area contributed by atoms with E-state index >= 15 is 0 Å². The van der Waals surface area contributed by atoms with Gasteiger partial charge in [0.05, 0.1) is 17.0 Å². The lowest BCUT2D eigenvalue weighted by molar-refractivity contribution is -0.123. The topological polar surface area (TPSA) is 50.5 Å². The molecule has 0 radical (unpaired) electrons. The minimum absolute atomic E-state index is 0.106. The predicted molar refractivity (Wildman–Crippen MR) is 110 cm³/mol. The molecule has 2 aromatic carbocycles. The second kappa shape index (κ2) is 7.96. The van der Waals surface area contributed by atoms with Gasteiger partial charge in [-0.1, -0.05) is 28.1 Å². The van der Waals surface area contributed by atoms with E-state index < -0.39 is 17.5 Å². The molecule has 4 rings (SSSR count). The minimum Gasteiger partial charge on any atom is -0.457 e. The fourth-order valence-corrected chi connectivity index (χ4v) is 3.89. The molecule has 0 aliphatic carbocycles. The van der Waals surface area contributed by atoms with Gasteiger partial charge in [-0.05, 0) is 53.7 Å². The summed E-state index contributed by atoms with van der Waals surface area (Å²) in [6.45, 7) is 0.166. The highest BCUT2D eigenvalue weighted by atomic mass is 79.9. The summed E-state index contributed by atoms with van der Waals surface area (Å²) < 4.78 is 33.5. The first kappa shape index (κ1) is 19.6. The fraction of sp³-hybridized carbons (Fsp3) is 0.0476. The summed E-state index contributed by atoms with van der Waals surface area (Å²) >= 11 is 4.16. The van der Waals surface area contributed by atoms with E-state index in [9.17, 15) is 18.4 Å². The zero-order chi connectivity index (χ0) is 20.5. The van der Waals surface area contributed by atoms with Crippen molar-refractivity contribution in [1.29, 1.82) is 0 Å². The van der Waals surface area contributed by atoms with Crippen LogP contribution in [0.4, 0.5) is 13.6 Å². The summed E-state index contributed by atoms with van der Waals surface area (Å²) in [7, 11) is 0. The molecule has 0 saturated carbocycles. The molecule has 2 heterocycles. The first-order valence-corrected chi connectivity index (χ1v) is 10.1. The maximum atomic E-state index is 13.9. The van der Waals surface area contributed by atoms with E-state index in [1.807, 2.05) is 24.3 Å². The number of furan rings is 1. The van der Waals surface area contributed by atoms with Crippen LogP contribution >= 0.6 is 27.7 Å². The lowest BCUT2D eigenvalue weighted by Crippen LogP contribution is -2.27. The Morgan fingerprint density at radius 3 is 2.52 bits per heavy atom. The first-order chi connectivity index (χ1) is 13.9. The van der Waals surface area contributed by atoms with Crippen molar-refractivity contribution in [2.45, 2.75) is 6.54 Å². The normalized spacial score (nSPS) is 15.6. The third-order valence-corrected chi connectivity index (χ3v) is 5.66. The highest BCUT2D eigenvalue weighted by Gasteiger charge is 2.35. The van der Waals surface area contributed by atoms with Gasteiger partial charge in [-0.3, -0.25) is 14.5 Å². The van der Waals surface area contributed by atoms with Crippen LogP contribution in [0.2, 0.25) is 0 Å². The average Bonchev–Trinajstić information content (AvgIpc) is 3.24. The molecule has 4 nitrogen and oxygen atoms in total. The Morgan fingerprint density at radius 2 is 1.79 bits per heavy atom. The van der Waals surface area contributed by atoms with Gasteiger partial charge in [-0.25, -0.2) is 8.78 Å². The van der Waals surface area contributed by atoms with Crippen molar-refractivity contribution >= 4 is 44.9 Å². The average molecular weight is 476 g/mol. The van der Waals surface area contributed by atoms with E-state index in [2.05, 4.69) is 15.9 Å².